The molecular formula is C52H86O23. The fourth-order valence-corrected chi connectivity index (χ4v) is 15.3. The highest BCUT2D eigenvalue weighted by Gasteiger charge is 2.68. The van der Waals surface area contributed by atoms with Crippen molar-refractivity contribution in [1.82, 2.24) is 0 Å². The van der Waals surface area contributed by atoms with Gasteiger partial charge in [-0.1, -0.05) is 39.3 Å². The van der Waals surface area contributed by atoms with E-state index in [-0.39, 0.29) is 41.3 Å². The third-order valence-electron chi connectivity index (χ3n) is 19.8. The Labute approximate surface area is 437 Å². The Hall–Kier alpha value is -1.18. The van der Waals surface area contributed by atoms with Crippen LogP contribution in [0.4, 0.5) is 0 Å². The molecule has 0 bridgehead atoms. The highest BCUT2D eigenvalue weighted by atomic mass is 16.8. The summed E-state index contributed by atoms with van der Waals surface area (Å²) in [6.45, 7) is 8.74. The smallest absolute Gasteiger partial charge is 0.187 e. The number of hydrogen-bond acceptors (Lipinski definition) is 23. The molecule has 75 heavy (non-hydrogen) atoms. The number of aliphatic hydroxyl groups excluding tert-OH is 13. The van der Waals surface area contributed by atoms with E-state index < -0.39 is 155 Å². The van der Waals surface area contributed by atoms with E-state index in [1.807, 2.05) is 6.92 Å². The van der Waals surface area contributed by atoms with Crippen molar-refractivity contribution in [1.29, 1.82) is 0 Å². The summed E-state index contributed by atoms with van der Waals surface area (Å²) in [6, 6.07) is 0. The molecule has 23 heteroatoms. The van der Waals surface area contributed by atoms with E-state index in [4.69, 9.17) is 47.4 Å². The molecule has 0 aromatic carbocycles. The molecule has 8 fully saturated rings. The Bertz CT molecular complexity index is 1930. The Kier molecular flexibility index (Phi) is 17.9. The van der Waals surface area contributed by atoms with Crippen LogP contribution in [0.5, 0.6) is 0 Å². The van der Waals surface area contributed by atoms with E-state index in [2.05, 4.69) is 26.8 Å². The maximum Gasteiger partial charge on any atom is 0.187 e. The zero-order chi connectivity index (χ0) is 54.2. The SMILES string of the molecule is CO[C@]1(CC[C@@H](C)CO[C@H]2O[C@H](CO)[C@@H](O)[C@H](O)[C@H]2O)O[C@H]2C[C@H]3[C@@H]4CC=C5C[C@@H](O[C@@H]6O[C@H](CO)[C@@H](O)[C@H](O[C@@H]7O[C@H](CO)[C@@H](O)[C@H](O)[C@H]7O)C6O[C@@H]6O[C@@H](C)[C@H](O)[C@@H](O)[C@H]6O)CC[C@]5(C)[C@H]4CC[C@]3(C)[C@H]2[C@@H]1C. The Morgan fingerprint density at radius 3 is 1.85 bits per heavy atom. The second-order valence-corrected chi connectivity index (χ2v) is 24.0. The summed E-state index contributed by atoms with van der Waals surface area (Å²) in [5, 5.41) is 137. The van der Waals surface area contributed by atoms with Gasteiger partial charge in [0.25, 0.3) is 0 Å². The molecule has 5 saturated heterocycles. The van der Waals surface area contributed by atoms with Crippen LogP contribution in [0.25, 0.3) is 0 Å². The van der Waals surface area contributed by atoms with Crippen LogP contribution in [0.2, 0.25) is 0 Å². The number of aliphatic hydroxyl groups is 13. The van der Waals surface area contributed by atoms with Crippen LogP contribution in [0.3, 0.4) is 0 Å². The fourth-order valence-electron chi connectivity index (χ4n) is 15.3. The molecule has 5 aliphatic heterocycles. The van der Waals surface area contributed by atoms with E-state index in [0.29, 0.717) is 43.4 Å². The molecule has 432 valence electrons. The molecule has 1 unspecified atom stereocenters. The Balaban J connectivity index is 0.871. The molecule has 31 atom stereocenters. The summed E-state index contributed by atoms with van der Waals surface area (Å²) in [7, 11) is 1.71. The summed E-state index contributed by atoms with van der Waals surface area (Å²) in [6.07, 6.45) is -21.5. The lowest BCUT2D eigenvalue weighted by atomic mass is 9.47. The maximum atomic E-state index is 11.6. The molecule has 0 amide bonds. The lowest BCUT2D eigenvalue weighted by Crippen LogP contribution is -2.67. The first kappa shape index (κ1) is 58.5. The standard InChI is InChI=1S/C52H86O23/c1-21(20-67-46-41(63)39(61)35(57)30(17-53)70-46)9-14-52(66-6)22(2)33-29(75-52)16-28-26-8-7-24-15-25(10-12-50(24,4)27(26)11-13-51(28,33)5)69-49-45(74-47-42(64)38(60)34(56)23(3)68-47)44(37(59)32(19-55)72-49)73-48-43(65)40(62)36(58)31(18-54)71-48/h7,21-23,25-49,53-65H,8-20H2,1-6H3/t21-,22+,23+,25+,26-,27+,28+,29+,30-,31-,32-,33+,34+,35-,36-,37-,38-,39+,40+,41-,42-,43-,44+,45?,46+,47+,48+,49-,50+,51+,52-/m1/s1. The summed E-state index contributed by atoms with van der Waals surface area (Å²) >= 11 is 0. The molecule has 5 heterocycles. The number of rotatable bonds is 16. The molecule has 9 aliphatic rings. The first-order chi connectivity index (χ1) is 35.6. The van der Waals surface area contributed by atoms with Gasteiger partial charge in [0.15, 0.2) is 30.9 Å². The first-order valence-electron chi connectivity index (χ1n) is 27.3. The molecule has 13 N–H and O–H groups in total. The van der Waals surface area contributed by atoms with Gasteiger partial charge in [0, 0.05) is 19.4 Å². The lowest BCUT2D eigenvalue weighted by molar-refractivity contribution is -0.394. The molecular weight excluding hydrogens is 993 g/mol. The van der Waals surface area contributed by atoms with Crippen molar-refractivity contribution >= 4 is 0 Å². The third kappa shape index (κ3) is 10.5. The van der Waals surface area contributed by atoms with Crippen molar-refractivity contribution in [3.05, 3.63) is 11.6 Å². The van der Waals surface area contributed by atoms with Crippen LogP contribution in [0, 0.1) is 46.3 Å². The summed E-state index contributed by atoms with van der Waals surface area (Å²) in [5.41, 5.74) is 1.11. The molecule has 0 aromatic rings. The lowest BCUT2D eigenvalue weighted by Gasteiger charge is -2.58. The monoisotopic (exact) mass is 1080 g/mol. The normalized spacial score (nSPS) is 54.3. The number of ether oxygens (including phenoxy) is 10. The number of fused-ring (bicyclic) bond motifs is 7. The Morgan fingerprint density at radius 1 is 0.640 bits per heavy atom. The van der Waals surface area contributed by atoms with Crippen LogP contribution in [0.15, 0.2) is 11.6 Å². The van der Waals surface area contributed by atoms with Gasteiger partial charge in [-0.3, -0.25) is 0 Å². The molecule has 0 radical (unpaired) electrons. The average molecular weight is 1080 g/mol. The molecule has 0 spiro atoms. The summed E-state index contributed by atoms with van der Waals surface area (Å²) in [5.74, 6) is 0.765. The van der Waals surface area contributed by atoms with Gasteiger partial charge in [-0.15, -0.1) is 0 Å². The molecule has 23 nitrogen and oxygen atoms in total. The molecule has 9 rings (SSSR count). The molecule has 4 aliphatic carbocycles. The van der Waals surface area contributed by atoms with Crippen molar-refractivity contribution in [2.24, 2.45) is 46.3 Å². The number of methoxy groups -OCH3 is 1. The Morgan fingerprint density at radius 2 is 1.21 bits per heavy atom. The van der Waals surface area contributed by atoms with Crippen LogP contribution >= 0.6 is 0 Å². The van der Waals surface area contributed by atoms with E-state index >= 15 is 0 Å². The largest absolute Gasteiger partial charge is 0.394 e. The summed E-state index contributed by atoms with van der Waals surface area (Å²) in [4.78, 5) is 0. The third-order valence-corrected chi connectivity index (χ3v) is 19.8. The molecule has 3 saturated carbocycles. The van der Waals surface area contributed by atoms with Gasteiger partial charge in [-0.25, -0.2) is 0 Å². The number of allylic oxidation sites excluding steroid dienone is 1. The van der Waals surface area contributed by atoms with Gasteiger partial charge in [0.2, 0.25) is 0 Å². The highest BCUT2D eigenvalue weighted by Crippen LogP contribution is 2.70. The molecule has 0 aromatic heterocycles. The van der Waals surface area contributed by atoms with Crippen molar-refractivity contribution in [3.63, 3.8) is 0 Å². The highest BCUT2D eigenvalue weighted by molar-refractivity contribution is 5.26. The van der Waals surface area contributed by atoms with Gasteiger partial charge in [0.05, 0.1) is 44.7 Å². The van der Waals surface area contributed by atoms with Gasteiger partial charge >= 0.3 is 0 Å². The van der Waals surface area contributed by atoms with Crippen molar-refractivity contribution in [3.8, 4) is 0 Å². The second-order valence-electron chi connectivity index (χ2n) is 24.0. The van der Waals surface area contributed by atoms with E-state index in [9.17, 15) is 66.4 Å². The minimum absolute atomic E-state index is 0.00228. The zero-order valence-electron chi connectivity index (χ0n) is 43.8. The van der Waals surface area contributed by atoms with Crippen molar-refractivity contribution in [2.45, 2.75) is 233 Å². The maximum absolute atomic E-state index is 11.6. The van der Waals surface area contributed by atoms with Gasteiger partial charge < -0.3 is 114 Å². The first-order valence-corrected chi connectivity index (χ1v) is 27.3. The fraction of sp³-hybridized carbons (Fsp3) is 0.962. The quantitative estimate of drug-likeness (QED) is 0.0720. The van der Waals surface area contributed by atoms with Crippen molar-refractivity contribution < 1.29 is 114 Å². The zero-order valence-corrected chi connectivity index (χ0v) is 43.8. The minimum atomic E-state index is -1.88. The second kappa shape index (κ2) is 23.0. The summed E-state index contributed by atoms with van der Waals surface area (Å²) < 4.78 is 61.6. The van der Waals surface area contributed by atoms with E-state index in [1.165, 1.54) is 12.5 Å². The van der Waals surface area contributed by atoms with Crippen LogP contribution < -0.4 is 0 Å². The van der Waals surface area contributed by atoms with Crippen LogP contribution in [-0.2, 0) is 47.4 Å². The topological polar surface area (TPSA) is 355 Å². The van der Waals surface area contributed by atoms with Gasteiger partial charge in [-0.2, -0.15) is 0 Å². The van der Waals surface area contributed by atoms with Gasteiger partial charge in [-0.05, 0) is 98.7 Å². The average Bonchev–Trinajstić information content (AvgIpc) is 3.92. The predicted molar refractivity (Wildman–Crippen MR) is 255 cm³/mol. The van der Waals surface area contributed by atoms with Crippen molar-refractivity contribution in [2.75, 3.05) is 33.5 Å². The predicted octanol–water partition coefficient (Wildman–Crippen LogP) is -2.35. The number of hydrogen-bond donors (Lipinski definition) is 13. The van der Waals surface area contributed by atoms with E-state index in [1.54, 1.807) is 7.11 Å². The van der Waals surface area contributed by atoms with Crippen LogP contribution in [-0.4, -0.2) is 241 Å². The minimum Gasteiger partial charge on any atom is -0.394 e. The van der Waals surface area contributed by atoms with Gasteiger partial charge in [0.1, 0.15) is 91.6 Å². The van der Waals surface area contributed by atoms with E-state index in [0.717, 1.165) is 32.1 Å². The van der Waals surface area contributed by atoms with Crippen LogP contribution in [0.1, 0.15) is 92.4 Å².